The Morgan fingerprint density at radius 1 is 0.209 bits per heavy atom. The molecule has 0 spiro atoms. The Hall–Kier alpha value is -14.1. The summed E-state index contributed by atoms with van der Waals surface area (Å²) in [7, 11) is 9.81. The fourth-order valence-electron chi connectivity index (χ4n) is 19.7. The Morgan fingerprint density at radius 2 is 0.425 bits per heavy atom. The van der Waals surface area contributed by atoms with Gasteiger partial charge in [-0.25, -0.2) is 29.9 Å². The highest BCUT2D eigenvalue weighted by molar-refractivity contribution is 9.11. The van der Waals surface area contributed by atoms with Crippen LogP contribution in [-0.4, -0.2) is 72.6 Å². The third-order valence-electron chi connectivity index (χ3n) is 27.9. The van der Waals surface area contributed by atoms with E-state index in [4.69, 9.17) is 58.3 Å². The molecule has 666 valence electrons. The Kier molecular flexibility index (Phi) is 24.7. The van der Waals surface area contributed by atoms with Crippen molar-refractivity contribution in [3.05, 3.63) is 309 Å². The molecule has 6 heterocycles. The molecule has 0 aliphatic rings. The topological polar surface area (TPSA) is 133 Å². The van der Waals surface area contributed by atoms with Crippen LogP contribution in [0.25, 0.3) is 133 Å². The molecule has 11 aromatic carbocycles. The van der Waals surface area contributed by atoms with Gasteiger partial charge in [0.2, 0.25) is 0 Å². The van der Waals surface area contributed by atoms with Crippen molar-refractivity contribution in [3.8, 4) is 149 Å². The van der Waals surface area contributed by atoms with Crippen LogP contribution in [0.2, 0.25) is 0 Å². The zero-order chi connectivity index (χ0) is 95.5. The van der Waals surface area contributed by atoms with Gasteiger partial charge in [-0.05, 0) is 300 Å². The minimum atomic E-state index is 0.577. The van der Waals surface area contributed by atoms with E-state index in [1.165, 1.54) is 11.1 Å². The number of aromatic nitrogens is 6. The highest BCUT2D eigenvalue weighted by Gasteiger charge is 2.29. The number of rotatable bonds is 12. The van der Waals surface area contributed by atoms with Crippen LogP contribution in [0.5, 0.6) is 34.5 Å². The van der Waals surface area contributed by atoms with Crippen LogP contribution in [-0.2, 0) is 0 Å². The van der Waals surface area contributed by atoms with Gasteiger partial charge in [0.15, 0.2) is 0 Å². The summed E-state index contributed by atoms with van der Waals surface area (Å²) in [5.41, 5.74) is 46.0. The van der Waals surface area contributed by atoms with Crippen LogP contribution in [0.4, 0.5) is 0 Å². The first kappa shape index (κ1) is 91.8. The van der Waals surface area contributed by atoms with E-state index in [0.717, 1.165) is 275 Å². The zero-order valence-corrected chi connectivity index (χ0v) is 84.8. The molecule has 0 fully saturated rings. The summed E-state index contributed by atoms with van der Waals surface area (Å²) in [5, 5.41) is 5.54. The standard InChI is InChI=1S/C120H106Br2N6O6/c1-59-47-61(3)103(62(4)48-59)111-83(35-41-93-65(7)69(11)95(70(12)66(93)8)43-37-85-53-87-31-29-81-39-45-97(107-99(131-25)55-91(129-23)56-100(107)132-26)123-115(81)117(87)127-113(85)105-73(15)77(19)109(121)78(20)74(105)16)51-89-33-34-90-52-84(112(126-120(90)119(89)125-111)104-63(5)49-60(2)50-64(104)6)36-42-94-67(9)71(13)96(72(14)68(94)10)44-38-86-54-88-32-30-82-40-46-98(108-101(133-27)57-92(130-24)58-102(108)134-28)124-116(82)118(88)128-114(86)106-75(17)79(21)110(122)80(22)76(106)18/h29-34,39-40,45-58H,1-28H3. The molecule has 0 aliphatic heterocycles. The van der Waals surface area contributed by atoms with Crippen molar-refractivity contribution in [2.24, 2.45) is 0 Å². The van der Waals surface area contributed by atoms with E-state index in [-0.39, 0.29) is 0 Å². The summed E-state index contributed by atoms with van der Waals surface area (Å²) in [6.45, 7) is 47.7. The normalized spacial score (nSPS) is 11.3. The average molecular weight is 1890 g/mol. The number of hydrogen-bond acceptors (Lipinski definition) is 12. The smallest absolute Gasteiger partial charge is 0.135 e. The second-order valence-corrected chi connectivity index (χ2v) is 37.4. The van der Waals surface area contributed by atoms with E-state index >= 15 is 0 Å². The Morgan fingerprint density at radius 3 is 0.657 bits per heavy atom. The van der Waals surface area contributed by atoms with Gasteiger partial charge in [-0.3, -0.25) is 0 Å². The van der Waals surface area contributed by atoms with E-state index < -0.39 is 0 Å². The summed E-state index contributed by atoms with van der Waals surface area (Å²) < 4.78 is 37.2. The maximum Gasteiger partial charge on any atom is 0.135 e. The van der Waals surface area contributed by atoms with Crippen LogP contribution in [0.15, 0.2) is 142 Å². The lowest BCUT2D eigenvalue weighted by atomic mass is 9.88. The number of nitrogens with zero attached hydrogens (tertiary/aromatic N) is 6. The highest BCUT2D eigenvalue weighted by Crippen LogP contribution is 2.48. The highest BCUT2D eigenvalue weighted by atomic mass is 79.9. The molecule has 0 unspecified atom stereocenters. The van der Waals surface area contributed by atoms with Gasteiger partial charge in [-0.2, -0.15) is 0 Å². The van der Waals surface area contributed by atoms with Crippen LogP contribution in [0.1, 0.15) is 167 Å². The third kappa shape index (κ3) is 15.8. The molecule has 0 N–H and O–H groups in total. The van der Waals surface area contributed by atoms with Gasteiger partial charge in [0.1, 0.15) is 34.5 Å². The zero-order valence-electron chi connectivity index (χ0n) is 81.6. The number of benzene rings is 11. The van der Waals surface area contributed by atoms with Crippen molar-refractivity contribution in [1.82, 2.24) is 29.9 Å². The van der Waals surface area contributed by atoms with E-state index in [0.29, 0.717) is 57.0 Å². The SMILES string of the molecule is COc1cc(OC)c(-c2ccc3ccc4cc(C#Cc5c(C)c(C)c(C#Cc6cc7ccc8cc(C#Cc9c(C)c(C)c(C#Cc%10cc%11ccc%12ccc(-c%13c(OC)cc(OC)cc%13OC)nc%12c%11nc%10-c%10c(C)c(C)c(Br)c(C)c%10C)c(C)c9C)c(-c9c(C)cc(C)cc9C)nc8c7nc6-c6c(C)cc(C)cc6C)c(C)c5C)c(-c5c(C)c(C)c(Br)c(C)c5C)nc4c3n2)c(OC)c1. The van der Waals surface area contributed by atoms with Gasteiger partial charge in [0.25, 0.3) is 0 Å². The quantitative estimate of drug-likeness (QED) is 0.0852. The van der Waals surface area contributed by atoms with Crippen LogP contribution >= 0.6 is 31.9 Å². The number of fused-ring (bicyclic) bond motifs is 9. The number of ether oxygens (including phenoxy) is 6. The Bertz CT molecular complexity index is 7640. The van der Waals surface area contributed by atoms with Crippen LogP contribution in [0.3, 0.4) is 0 Å². The monoisotopic (exact) mass is 1880 g/mol. The van der Waals surface area contributed by atoms with Gasteiger partial charge in [-0.1, -0.05) is 163 Å². The molecule has 0 atom stereocenters. The first-order chi connectivity index (χ1) is 64.1. The first-order valence-electron chi connectivity index (χ1n) is 45.0. The predicted molar refractivity (Wildman–Crippen MR) is 559 cm³/mol. The predicted octanol–water partition coefficient (Wildman–Crippen LogP) is 28.9. The molecule has 14 heteroatoms. The molecule has 0 aliphatic carbocycles. The molecule has 0 saturated carbocycles. The van der Waals surface area contributed by atoms with Gasteiger partial charge >= 0.3 is 0 Å². The van der Waals surface area contributed by atoms with Crippen LogP contribution < -0.4 is 28.4 Å². The Labute approximate surface area is 803 Å². The number of methoxy groups -OCH3 is 6. The van der Waals surface area contributed by atoms with Gasteiger partial charge in [0.05, 0.1) is 143 Å². The number of pyridine rings is 6. The second kappa shape index (κ2) is 36.1. The van der Waals surface area contributed by atoms with E-state index in [9.17, 15) is 0 Å². The fraction of sp³-hybridized carbons (Fsp3) is 0.233. The molecule has 6 aromatic heterocycles. The molecule has 0 saturated heterocycles. The molecule has 12 nitrogen and oxygen atoms in total. The van der Waals surface area contributed by atoms with Gasteiger partial charge in [0, 0.05) is 110 Å². The molecule has 0 radical (unpaired) electrons. The summed E-state index contributed by atoms with van der Waals surface area (Å²) in [6.07, 6.45) is 0. The van der Waals surface area contributed by atoms with Crippen molar-refractivity contribution in [1.29, 1.82) is 0 Å². The van der Waals surface area contributed by atoms with E-state index in [2.05, 4.69) is 329 Å². The van der Waals surface area contributed by atoms with E-state index in [1.54, 1.807) is 42.7 Å². The van der Waals surface area contributed by atoms with Gasteiger partial charge in [-0.15, -0.1) is 0 Å². The number of halogens is 2. The Balaban J connectivity index is 0.770. The van der Waals surface area contributed by atoms with Crippen molar-refractivity contribution < 1.29 is 28.4 Å². The largest absolute Gasteiger partial charge is 0.496 e. The average Bonchev–Trinajstić information content (AvgIpc) is 0.745. The minimum Gasteiger partial charge on any atom is -0.496 e. The lowest BCUT2D eigenvalue weighted by Gasteiger charge is -2.19. The fourth-order valence-corrected chi connectivity index (χ4v) is 20.9. The van der Waals surface area contributed by atoms with Crippen LogP contribution in [0, 0.1) is 200 Å². The van der Waals surface area contributed by atoms with Gasteiger partial charge < -0.3 is 28.4 Å². The van der Waals surface area contributed by atoms with Crippen molar-refractivity contribution in [2.75, 3.05) is 42.7 Å². The molecule has 17 rings (SSSR count). The molecular weight excluding hydrogens is 1780 g/mol. The second-order valence-electron chi connectivity index (χ2n) is 35.8. The molecule has 134 heavy (non-hydrogen) atoms. The summed E-state index contributed by atoms with van der Waals surface area (Å²) >= 11 is 7.89. The molecular formula is C120H106Br2N6O6. The molecule has 17 aromatic rings. The maximum absolute atomic E-state index is 5.95. The first-order valence-corrected chi connectivity index (χ1v) is 46.6. The van der Waals surface area contributed by atoms with E-state index in [1.807, 2.05) is 36.4 Å². The third-order valence-corrected chi connectivity index (χ3v) is 30.3. The summed E-state index contributed by atoms with van der Waals surface area (Å²) in [5.74, 6) is 33.7. The molecule has 0 amide bonds. The maximum atomic E-state index is 5.95. The lowest BCUT2D eigenvalue weighted by Crippen LogP contribution is -2.03. The number of hydrogen-bond donors (Lipinski definition) is 0. The van der Waals surface area contributed by atoms with Crippen molar-refractivity contribution >= 4 is 97.3 Å². The molecule has 0 bridgehead atoms. The lowest BCUT2D eigenvalue weighted by molar-refractivity contribution is 0.377. The van der Waals surface area contributed by atoms with Crippen molar-refractivity contribution in [2.45, 2.75) is 152 Å². The minimum absolute atomic E-state index is 0.577. The van der Waals surface area contributed by atoms with Crippen molar-refractivity contribution in [3.63, 3.8) is 0 Å². The summed E-state index contributed by atoms with van der Waals surface area (Å²) in [4.78, 5) is 33.8. The number of aryl methyl sites for hydroxylation is 6. The summed E-state index contributed by atoms with van der Waals surface area (Å²) in [6, 6.07) is 46.1.